The normalized spacial score (nSPS) is 13.2. The Kier molecular flexibility index (Phi) is 4.36. The zero-order valence-corrected chi connectivity index (χ0v) is 15.4. The van der Waals surface area contributed by atoms with E-state index in [4.69, 9.17) is 0 Å². The molecule has 5 heteroatoms. The maximum Gasteiger partial charge on any atom is 0.336 e. The number of hydrogen-bond acceptors (Lipinski definition) is 3. The van der Waals surface area contributed by atoms with Gasteiger partial charge in [-0.2, -0.15) is 0 Å². The minimum atomic E-state index is -0.906. The van der Waals surface area contributed by atoms with Crippen molar-refractivity contribution in [2.24, 2.45) is 4.99 Å². The highest BCUT2D eigenvalue weighted by Crippen LogP contribution is 2.25. The van der Waals surface area contributed by atoms with Crippen molar-refractivity contribution in [3.8, 4) is 11.1 Å². The van der Waals surface area contributed by atoms with Crippen molar-refractivity contribution < 1.29 is 9.90 Å². The van der Waals surface area contributed by atoms with E-state index in [1.165, 1.54) is 5.57 Å². The van der Waals surface area contributed by atoms with E-state index in [2.05, 4.69) is 21.5 Å². The minimum Gasteiger partial charge on any atom is -0.478 e. The first kappa shape index (κ1) is 17.2. The Morgan fingerprint density at radius 2 is 1.93 bits per heavy atom. The lowest BCUT2D eigenvalue weighted by Gasteiger charge is -2.10. The lowest BCUT2D eigenvalue weighted by atomic mass is 9.97. The van der Waals surface area contributed by atoms with E-state index in [0.717, 1.165) is 46.1 Å². The van der Waals surface area contributed by atoms with Crippen LogP contribution in [0.4, 0.5) is 0 Å². The maximum atomic E-state index is 11.6. The summed E-state index contributed by atoms with van der Waals surface area (Å²) in [6.45, 7) is 5.52. The number of aromatic carboxylic acids is 1. The fourth-order valence-electron chi connectivity index (χ4n) is 3.48. The number of carboxylic acids is 1. The summed E-state index contributed by atoms with van der Waals surface area (Å²) in [6.07, 6.45) is 2.82. The molecule has 0 saturated carbocycles. The molecule has 0 fully saturated rings. The topological polar surface area (TPSA) is 67.5 Å². The van der Waals surface area contributed by atoms with Crippen molar-refractivity contribution in [1.82, 2.24) is 9.55 Å². The average Bonchev–Trinajstić information content (AvgIpc) is 3.07. The van der Waals surface area contributed by atoms with Gasteiger partial charge in [0.1, 0.15) is 5.35 Å². The summed E-state index contributed by atoms with van der Waals surface area (Å²) in [7, 11) is 0. The number of hydrogen-bond donors (Lipinski definition) is 1. The molecule has 136 valence electrons. The zero-order valence-electron chi connectivity index (χ0n) is 15.4. The van der Waals surface area contributed by atoms with Gasteiger partial charge in [0, 0.05) is 6.54 Å². The summed E-state index contributed by atoms with van der Waals surface area (Å²) in [5.41, 5.74) is 6.27. The van der Waals surface area contributed by atoms with Crippen LogP contribution in [0, 0.1) is 6.92 Å². The van der Waals surface area contributed by atoms with Gasteiger partial charge < -0.3 is 9.67 Å². The largest absolute Gasteiger partial charge is 0.478 e. The third-order valence-corrected chi connectivity index (χ3v) is 4.99. The van der Waals surface area contributed by atoms with E-state index in [1.807, 2.05) is 49.6 Å². The number of imidazole rings is 1. The van der Waals surface area contributed by atoms with Crippen molar-refractivity contribution in [2.75, 3.05) is 6.54 Å². The maximum absolute atomic E-state index is 11.6. The number of rotatable bonds is 4. The summed E-state index contributed by atoms with van der Waals surface area (Å²) in [4.78, 5) is 20.7. The highest BCUT2D eigenvalue weighted by molar-refractivity contribution is 5.96. The molecular weight excluding hydrogens is 338 g/mol. The number of aryl methyl sites for hydroxylation is 1. The van der Waals surface area contributed by atoms with E-state index in [0.29, 0.717) is 12.1 Å². The van der Waals surface area contributed by atoms with Gasteiger partial charge in [0.05, 0.1) is 18.4 Å². The van der Waals surface area contributed by atoms with Crippen LogP contribution in [-0.2, 0) is 6.54 Å². The number of benzene rings is 2. The second-order valence-corrected chi connectivity index (χ2v) is 7.01. The van der Waals surface area contributed by atoms with Crippen molar-refractivity contribution in [3.05, 3.63) is 76.3 Å². The minimum absolute atomic E-state index is 0.330. The van der Waals surface area contributed by atoms with Crippen molar-refractivity contribution in [1.29, 1.82) is 0 Å². The third-order valence-electron chi connectivity index (χ3n) is 4.99. The van der Waals surface area contributed by atoms with Crippen LogP contribution in [0.5, 0.6) is 0 Å². The predicted octanol–water partition coefficient (Wildman–Crippen LogP) is 2.80. The van der Waals surface area contributed by atoms with Crippen LogP contribution in [-0.4, -0.2) is 27.2 Å². The summed E-state index contributed by atoms with van der Waals surface area (Å²) >= 11 is 0. The monoisotopic (exact) mass is 359 g/mol. The molecule has 0 radical (unpaired) electrons. The van der Waals surface area contributed by atoms with Gasteiger partial charge >= 0.3 is 5.97 Å². The molecular formula is C22H21N3O2. The number of carbonyl (C=O) groups is 1. The first-order valence-electron chi connectivity index (χ1n) is 9.01. The molecule has 0 spiro atoms. The van der Waals surface area contributed by atoms with E-state index in [-0.39, 0.29) is 0 Å². The first-order chi connectivity index (χ1) is 13.0. The van der Waals surface area contributed by atoms with Gasteiger partial charge in [0.15, 0.2) is 5.49 Å². The highest BCUT2D eigenvalue weighted by atomic mass is 16.4. The Balaban J connectivity index is 1.65. The Bertz CT molecular complexity index is 1140. The Hall–Kier alpha value is -3.21. The number of nitrogens with zero attached hydrogens (tertiary/aromatic N) is 3. The fraction of sp³-hybridized carbons (Fsp3) is 0.227. The van der Waals surface area contributed by atoms with E-state index in [9.17, 15) is 9.90 Å². The van der Waals surface area contributed by atoms with Gasteiger partial charge in [-0.3, -0.25) is 4.99 Å². The van der Waals surface area contributed by atoms with Crippen LogP contribution in [0.1, 0.15) is 34.8 Å². The molecule has 0 bridgehead atoms. The molecule has 4 rings (SSSR count). The SMILES string of the molecule is CC1=c2ncn(Cc3ccc(-c4ccc(C)cc4C(=O)O)cc3)c2=NCC1. The van der Waals surface area contributed by atoms with Crippen LogP contribution < -0.4 is 10.8 Å². The molecule has 0 atom stereocenters. The summed E-state index contributed by atoms with van der Waals surface area (Å²) < 4.78 is 2.07. The van der Waals surface area contributed by atoms with Crippen molar-refractivity contribution in [3.63, 3.8) is 0 Å². The van der Waals surface area contributed by atoms with Crippen LogP contribution in [0.15, 0.2) is 53.8 Å². The molecule has 0 amide bonds. The molecule has 2 aromatic carbocycles. The van der Waals surface area contributed by atoms with Gasteiger partial charge in [0.25, 0.3) is 0 Å². The second-order valence-electron chi connectivity index (χ2n) is 7.01. The summed E-state index contributed by atoms with van der Waals surface area (Å²) in [5.74, 6) is -0.906. The molecule has 1 aliphatic heterocycles. The molecule has 0 unspecified atom stereocenters. The molecule has 1 aromatic heterocycles. The number of fused-ring (bicyclic) bond motifs is 1. The van der Waals surface area contributed by atoms with E-state index < -0.39 is 5.97 Å². The molecule has 27 heavy (non-hydrogen) atoms. The average molecular weight is 359 g/mol. The van der Waals surface area contributed by atoms with Gasteiger partial charge in [-0.15, -0.1) is 0 Å². The van der Waals surface area contributed by atoms with Crippen molar-refractivity contribution in [2.45, 2.75) is 26.8 Å². The van der Waals surface area contributed by atoms with Crippen LogP contribution in [0.3, 0.4) is 0 Å². The zero-order chi connectivity index (χ0) is 19.0. The standard InChI is InChI=1S/C22H21N3O2/c1-14-3-8-18(19(11-14)22(26)27)17-6-4-16(5-7-17)12-25-13-24-20-15(2)9-10-23-21(20)25/h3-8,11,13H,9-10,12H2,1-2H3,(H,26,27). The smallest absolute Gasteiger partial charge is 0.336 e. The molecule has 2 heterocycles. The van der Waals surface area contributed by atoms with Gasteiger partial charge in [-0.1, -0.05) is 42.0 Å². The number of carboxylic acid groups (broad SMARTS) is 1. The van der Waals surface area contributed by atoms with Gasteiger partial charge in [-0.05, 0) is 48.6 Å². The van der Waals surface area contributed by atoms with Crippen LogP contribution in [0.2, 0.25) is 0 Å². The van der Waals surface area contributed by atoms with Crippen LogP contribution >= 0.6 is 0 Å². The molecule has 3 aromatic rings. The third kappa shape index (κ3) is 3.28. The Morgan fingerprint density at radius 1 is 1.15 bits per heavy atom. The summed E-state index contributed by atoms with van der Waals surface area (Å²) in [6, 6.07) is 13.5. The molecule has 1 N–H and O–H groups in total. The van der Waals surface area contributed by atoms with Gasteiger partial charge in [-0.25, -0.2) is 9.78 Å². The molecule has 1 aliphatic rings. The van der Waals surface area contributed by atoms with Gasteiger partial charge in [0.2, 0.25) is 0 Å². The lowest BCUT2D eigenvalue weighted by molar-refractivity contribution is 0.0697. The molecule has 5 nitrogen and oxygen atoms in total. The Morgan fingerprint density at radius 3 is 2.67 bits per heavy atom. The second kappa shape index (κ2) is 6.83. The quantitative estimate of drug-likeness (QED) is 0.779. The highest BCUT2D eigenvalue weighted by Gasteiger charge is 2.12. The van der Waals surface area contributed by atoms with Crippen molar-refractivity contribution >= 4 is 11.5 Å². The molecule has 0 saturated heterocycles. The van der Waals surface area contributed by atoms with E-state index in [1.54, 1.807) is 6.07 Å². The summed E-state index contributed by atoms with van der Waals surface area (Å²) in [5, 5.41) is 10.5. The fourth-order valence-corrected chi connectivity index (χ4v) is 3.48. The lowest BCUT2D eigenvalue weighted by Crippen LogP contribution is -2.35. The predicted molar refractivity (Wildman–Crippen MR) is 104 cm³/mol. The van der Waals surface area contributed by atoms with E-state index >= 15 is 0 Å². The number of aromatic nitrogens is 2. The van der Waals surface area contributed by atoms with Crippen LogP contribution in [0.25, 0.3) is 16.7 Å². The Labute approximate surface area is 157 Å². The molecule has 0 aliphatic carbocycles. The first-order valence-corrected chi connectivity index (χ1v) is 9.01.